The maximum Gasteiger partial charge on any atom is 0.303 e. The Labute approximate surface area is 237 Å². The number of amides is 1. The summed E-state index contributed by atoms with van der Waals surface area (Å²) in [4.78, 5) is 44.4. The molecule has 0 bridgehead atoms. The first-order valence-electron chi connectivity index (χ1n) is 14.8. The first kappa shape index (κ1) is 29.7. The number of aromatic nitrogens is 1. The molecule has 8 nitrogen and oxygen atoms in total. The fourth-order valence-electron chi connectivity index (χ4n) is 5.85. The van der Waals surface area contributed by atoms with Crippen LogP contribution in [0.25, 0.3) is 11.1 Å². The Hall–Kier alpha value is -3.26. The van der Waals surface area contributed by atoms with Gasteiger partial charge < -0.3 is 20.1 Å². The van der Waals surface area contributed by atoms with Crippen molar-refractivity contribution < 1.29 is 24.2 Å². The number of hydrogen-bond donors (Lipinski definition) is 2. The van der Waals surface area contributed by atoms with Crippen molar-refractivity contribution in [2.75, 3.05) is 32.8 Å². The van der Waals surface area contributed by atoms with Gasteiger partial charge in [-0.15, -0.1) is 0 Å². The summed E-state index contributed by atoms with van der Waals surface area (Å²) >= 11 is 0. The van der Waals surface area contributed by atoms with E-state index in [2.05, 4.69) is 17.2 Å². The van der Waals surface area contributed by atoms with Gasteiger partial charge in [0, 0.05) is 55.7 Å². The van der Waals surface area contributed by atoms with Gasteiger partial charge in [-0.25, -0.2) is 0 Å². The average molecular weight is 550 g/mol. The van der Waals surface area contributed by atoms with Crippen molar-refractivity contribution >= 4 is 17.7 Å². The summed E-state index contributed by atoms with van der Waals surface area (Å²) in [6, 6.07) is 9.69. The molecule has 2 saturated heterocycles. The zero-order chi connectivity index (χ0) is 28.3. The number of carbonyl (C=O) groups is 3. The minimum atomic E-state index is -0.945. The van der Waals surface area contributed by atoms with Crippen molar-refractivity contribution in [2.24, 2.45) is 11.8 Å². The molecule has 4 rings (SSSR count). The fourth-order valence-corrected chi connectivity index (χ4v) is 5.85. The zero-order valence-corrected chi connectivity index (χ0v) is 23.6. The van der Waals surface area contributed by atoms with Crippen molar-refractivity contribution in [2.45, 2.75) is 70.6 Å². The highest BCUT2D eigenvalue weighted by molar-refractivity contribution is 5.84. The van der Waals surface area contributed by atoms with Gasteiger partial charge in [0.25, 0.3) is 0 Å². The van der Waals surface area contributed by atoms with Crippen LogP contribution in [0.4, 0.5) is 0 Å². The van der Waals surface area contributed by atoms with E-state index in [0.29, 0.717) is 32.0 Å². The maximum atomic E-state index is 13.4. The molecular formula is C32H43N3O5. The highest BCUT2D eigenvalue weighted by atomic mass is 16.5. The molecule has 3 heterocycles. The van der Waals surface area contributed by atoms with Gasteiger partial charge in [-0.3, -0.25) is 19.4 Å². The number of carboxylic acids is 1. The van der Waals surface area contributed by atoms with Gasteiger partial charge in [-0.05, 0) is 86.9 Å². The molecule has 8 heteroatoms. The Morgan fingerprint density at radius 1 is 1.07 bits per heavy atom. The molecule has 0 aliphatic carbocycles. The molecule has 1 aromatic heterocycles. The topological polar surface area (TPSA) is 109 Å². The third-order valence-electron chi connectivity index (χ3n) is 8.21. The monoisotopic (exact) mass is 549 g/mol. The lowest BCUT2D eigenvalue weighted by molar-refractivity contribution is -0.137. The number of ketones is 1. The normalized spacial score (nSPS) is 18.7. The minimum Gasteiger partial charge on any atom is -0.494 e. The smallest absolute Gasteiger partial charge is 0.303 e. The number of carbonyl (C=O) groups excluding carboxylic acids is 2. The van der Waals surface area contributed by atoms with Gasteiger partial charge in [-0.2, -0.15) is 0 Å². The number of nitrogens with one attached hydrogen (secondary N) is 1. The zero-order valence-electron chi connectivity index (χ0n) is 23.6. The van der Waals surface area contributed by atoms with Gasteiger partial charge in [0.15, 0.2) is 0 Å². The average Bonchev–Trinajstić information content (AvgIpc) is 2.99. The summed E-state index contributed by atoms with van der Waals surface area (Å²) in [5, 5.41) is 13.0. The molecule has 0 unspecified atom stereocenters. The third-order valence-corrected chi connectivity index (χ3v) is 8.21. The minimum absolute atomic E-state index is 0.0323. The molecule has 40 heavy (non-hydrogen) atoms. The summed E-state index contributed by atoms with van der Waals surface area (Å²) in [6.45, 7) is 5.90. The van der Waals surface area contributed by atoms with Crippen LogP contribution in [0.5, 0.6) is 5.75 Å². The van der Waals surface area contributed by atoms with Crippen LogP contribution in [0.1, 0.15) is 76.2 Å². The predicted molar refractivity (Wildman–Crippen MR) is 154 cm³/mol. The number of pyridine rings is 1. The quantitative estimate of drug-likeness (QED) is 0.359. The van der Waals surface area contributed by atoms with Gasteiger partial charge in [0.05, 0.1) is 13.0 Å². The van der Waals surface area contributed by atoms with Crippen molar-refractivity contribution in [3.8, 4) is 16.9 Å². The second-order valence-corrected chi connectivity index (χ2v) is 11.3. The van der Waals surface area contributed by atoms with E-state index in [1.807, 2.05) is 35.2 Å². The van der Waals surface area contributed by atoms with Crippen LogP contribution in [0.2, 0.25) is 0 Å². The van der Waals surface area contributed by atoms with Gasteiger partial charge in [-0.1, -0.05) is 19.1 Å². The number of carboxylic acid groups (broad SMARTS) is 1. The molecule has 2 aliphatic rings. The van der Waals surface area contributed by atoms with Crippen molar-refractivity contribution in [3.05, 3.63) is 48.3 Å². The van der Waals surface area contributed by atoms with E-state index in [-0.39, 0.29) is 30.4 Å². The largest absolute Gasteiger partial charge is 0.494 e. The number of Topliss-reactive ketones (excluding diaryl/α,β-unsaturated/α-hetero) is 1. The number of likely N-dealkylation sites (tertiary alicyclic amines) is 1. The number of hydrogen-bond acceptors (Lipinski definition) is 6. The van der Waals surface area contributed by atoms with Crippen molar-refractivity contribution in [1.82, 2.24) is 15.2 Å². The molecule has 1 amide bonds. The molecule has 216 valence electrons. The fraction of sp³-hybridized carbons (Fsp3) is 0.562. The second kappa shape index (κ2) is 14.9. The lowest BCUT2D eigenvalue weighted by Crippen LogP contribution is -2.42. The number of nitrogens with zero attached hydrogens (tertiary/aromatic N) is 2. The predicted octanol–water partition coefficient (Wildman–Crippen LogP) is 5.07. The Kier molecular flexibility index (Phi) is 11.1. The van der Waals surface area contributed by atoms with Crippen LogP contribution >= 0.6 is 0 Å². The van der Waals surface area contributed by atoms with Crippen LogP contribution in [-0.4, -0.2) is 65.4 Å². The molecule has 1 aromatic carbocycles. The van der Waals surface area contributed by atoms with Crippen LogP contribution < -0.4 is 10.1 Å². The Morgan fingerprint density at radius 3 is 2.58 bits per heavy atom. The Balaban J connectivity index is 1.38. The number of piperidine rings is 2. The summed E-state index contributed by atoms with van der Waals surface area (Å²) < 4.78 is 5.67. The molecule has 2 aliphatic heterocycles. The van der Waals surface area contributed by atoms with E-state index in [1.165, 1.54) is 0 Å². The van der Waals surface area contributed by atoms with Crippen LogP contribution in [0, 0.1) is 11.8 Å². The van der Waals surface area contributed by atoms with E-state index < -0.39 is 11.9 Å². The van der Waals surface area contributed by atoms with E-state index in [9.17, 15) is 19.5 Å². The van der Waals surface area contributed by atoms with Crippen LogP contribution in [-0.2, 0) is 14.4 Å². The maximum absolute atomic E-state index is 13.4. The molecular weight excluding hydrogens is 506 g/mol. The van der Waals surface area contributed by atoms with Gasteiger partial charge in [0.2, 0.25) is 5.91 Å². The number of aliphatic carboxylic acids is 1. The number of ether oxygens (including phenoxy) is 1. The lowest BCUT2D eigenvalue weighted by atomic mass is 9.84. The summed E-state index contributed by atoms with van der Waals surface area (Å²) in [7, 11) is 0. The molecule has 0 saturated carbocycles. The molecule has 2 atom stereocenters. The molecule has 2 fully saturated rings. The first-order chi connectivity index (χ1) is 19.4. The van der Waals surface area contributed by atoms with Gasteiger partial charge in [0.1, 0.15) is 11.5 Å². The third kappa shape index (κ3) is 8.62. The first-order valence-corrected chi connectivity index (χ1v) is 14.8. The molecule has 0 spiro atoms. The van der Waals surface area contributed by atoms with E-state index in [0.717, 1.165) is 74.1 Å². The van der Waals surface area contributed by atoms with Crippen LogP contribution in [0.15, 0.2) is 42.7 Å². The molecule has 2 aromatic rings. The second-order valence-electron chi connectivity index (χ2n) is 11.3. The Bertz CT molecular complexity index is 1130. The summed E-state index contributed by atoms with van der Waals surface area (Å²) in [5.41, 5.74) is 2.56. The van der Waals surface area contributed by atoms with E-state index in [1.54, 1.807) is 12.4 Å². The SMILES string of the molecule is CCCOc1ccc(-c2cncc([C@H](CC(=O)O)CC(=O)[C@@H]3CCCN(C(=O)CCC4CCNCC4)C3)c2)cc1. The lowest BCUT2D eigenvalue weighted by Gasteiger charge is -2.33. The standard InChI is InChI=1S/C32H43N3O5/c1-2-16-40-29-8-6-24(7-9-29)27-17-28(21-34-20-27)26(19-32(38)39)18-30(36)25-4-3-15-35(22-25)31(37)10-5-23-11-13-33-14-12-23/h6-9,17,20-21,23,25-26,33H,2-5,10-16,18-19,22H2,1H3,(H,38,39)/t25-,26+/m1/s1. The summed E-state index contributed by atoms with van der Waals surface area (Å²) in [5.74, 6) is -0.100. The molecule has 0 radical (unpaired) electrons. The summed E-state index contributed by atoms with van der Waals surface area (Å²) in [6.07, 6.45) is 9.56. The molecule has 2 N–H and O–H groups in total. The van der Waals surface area contributed by atoms with Crippen LogP contribution in [0.3, 0.4) is 0 Å². The van der Waals surface area contributed by atoms with Crippen molar-refractivity contribution in [1.29, 1.82) is 0 Å². The van der Waals surface area contributed by atoms with E-state index >= 15 is 0 Å². The Morgan fingerprint density at radius 2 is 1.85 bits per heavy atom. The number of benzene rings is 1. The van der Waals surface area contributed by atoms with E-state index in [4.69, 9.17) is 4.74 Å². The highest BCUT2D eigenvalue weighted by Gasteiger charge is 2.31. The van der Waals surface area contributed by atoms with Crippen molar-refractivity contribution in [3.63, 3.8) is 0 Å². The highest BCUT2D eigenvalue weighted by Crippen LogP contribution is 2.31. The van der Waals surface area contributed by atoms with Gasteiger partial charge >= 0.3 is 5.97 Å². The number of rotatable bonds is 13.